The van der Waals surface area contributed by atoms with Gasteiger partial charge < -0.3 is 15.4 Å². The third-order valence-electron chi connectivity index (χ3n) is 4.86. The van der Waals surface area contributed by atoms with Gasteiger partial charge in [0.25, 0.3) is 0 Å². The molecule has 1 aliphatic heterocycles. The molecule has 2 heterocycles. The van der Waals surface area contributed by atoms with E-state index in [-0.39, 0.29) is 31.0 Å². The van der Waals surface area contributed by atoms with Gasteiger partial charge in [0.1, 0.15) is 12.7 Å². The van der Waals surface area contributed by atoms with Crippen molar-refractivity contribution in [2.45, 2.75) is 64.8 Å². The number of ether oxygens (including phenoxy) is 1. The summed E-state index contributed by atoms with van der Waals surface area (Å²) in [6.45, 7) is 9.96. The van der Waals surface area contributed by atoms with E-state index in [1.807, 2.05) is 69.9 Å². The second-order valence-electron chi connectivity index (χ2n) is 8.59. The number of morpholine rings is 1. The van der Waals surface area contributed by atoms with E-state index in [9.17, 15) is 9.59 Å². The van der Waals surface area contributed by atoms with Crippen LogP contribution in [0.3, 0.4) is 0 Å². The zero-order chi connectivity index (χ0) is 21.3. The zero-order valence-electron chi connectivity index (χ0n) is 17.6. The van der Waals surface area contributed by atoms with Crippen molar-refractivity contribution in [3.05, 3.63) is 47.5 Å². The van der Waals surface area contributed by atoms with Crippen LogP contribution in [0.25, 0.3) is 0 Å². The summed E-state index contributed by atoms with van der Waals surface area (Å²) >= 11 is 0. The Kier molecular flexibility index (Phi) is 5.75. The highest BCUT2D eigenvalue weighted by Crippen LogP contribution is 2.41. The summed E-state index contributed by atoms with van der Waals surface area (Å²) < 4.78 is 7.83. The molecular formula is C21H29N5O3. The first kappa shape index (κ1) is 21.0. The number of carbonyl (C=O) groups is 2. The summed E-state index contributed by atoms with van der Waals surface area (Å²) in [5.74, 6) is 0.377. The van der Waals surface area contributed by atoms with Gasteiger partial charge in [0, 0.05) is 6.04 Å². The van der Waals surface area contributed by atoms with Crippen LogP contribution < -0.4 is 5.73 Å². The SMILES string of the molecule is CC(C)N1C(=O)CO[C@H](c2nc(CC(N)=O)nn2C(C)(C)C)[C@H]1c1ccccc1. The highest BCUT2D eigenvalue weighted by atomic mass is 16.5. The lowest BCUT2D eigenvalue weighted by atomic mass is 9.95. The van der Waals surface area contributed by atoms with Crippen molar-refractivity contribution >= 4 is 11.8 Å². The average Bonchev–Trinajstić information content (AvgIpc) is 3.05. The van der Waals surface area contributed by atoms with Gasteiger partial charge in [0.2, 0.25) is 11.8 Å². The number of benzene rings is 1. The maximum absolute atomic E-state index is 12.7. The fourth-order valence-corrected chi connectivity index (χ4v) is 3.72. The van der Waals surface area contributed by atoms with Gasteiger partial charge in [0.15, 0.2) is 11.6 Å². The van der Waals surface area contributed by atoms with E-state index < -0.39 is 17.6 Å². The van der Waals surface area contributed by atoms with Crippen LogP contribution in [0.15, 0.2) is 30.3 Å². The number of primary amides is 1. The van der Waals surface area contributed by atoms with Gasteiger partial charge in [0.05, 0.1) is 18.0 Å². The van der Waals surface area contributed by atoms with Gasteiger partial charge in [-0.05, 0) is 40.2 Å². The number of carbonyl (C=O) groups excluding carboxylic acids is 2. The molecule has 29 heavy (non-hydrogen) atoms. The number of nitrogens with zero attached hydrogens (tertiary/aromatic N) is 4. The smallest absolute Gasteiger partial charge is 0.249 e. The Hall–Kier alpha value is -2.74. The molecular weight excluding hydrogens is 370 g/mol. The van der Waals surface area contributed by atoms with Crippen molar-refractivity contribution in [1.82, 2.24) is 19.7 Å². The molecule has 1 aliphatic rings. The van der Waals surface area contributed by atoms with E-state index in [1.54, 1.807) is 4.68 Å². The first-order chi connectivity index (χ1) is 13.6. The van der Waals surface area contributed by atoms with E-state index in [4.69, 9.17) is 10.5 Å². The van der Waals surface area contributed by atoms with Gasteiger partial charge >= 0.3 is 0 Å². The molecule has 1 saturated heterocycles. The van der Waals surface area contributed by atoms with Crippen LogP contribution in [0.2, 0.25) is 0 Å². The summed E-state index contributed by atoms with van der Waals surface area (Å²) in [6, 6.07) is 9.41. The molecule has 1 aromatic carbocycles. The van der Waals surface area contributed by atoms with Crippen LogP contribution in [-0.2, 0) is 26.3 Å². The van der Waals surface area contributed by atoms with Crippen LogP contribution >= 0.6 is 0 Å². The molecule has 2 N–H and O–H groups in total. The third-order valence-corrected chi connectivity index (χ3v) is 4.86. The second kappa shape index (κ2) is 7.94. The molecule has 2 aromatic rings. The molecule has 3 rings (SSSR count). The Balaban J connectivity index is 2.15. The Morgan fingerprint density at radius 3 is 2.48 bits per heavy atom. The Bertz CT molecular complexity index is 885. The van der Waals surface area contributed by atoms with Crippen LogP contribution in [0.1, 0.15) is 64.0 Å². The molecule has 0 aliphatic carbocycles. The van der Waals surface area contributed by atoms with Gasteiger partial charge in [-0.25, -0.2) is 9.67 Å². The van der Waals surface area contributed by atoms with Crippen LogP contribution in [0.4, 0.5) is 0 Å². The van der Waals surface area contributed by atoms with Crippen molar-refractivity contribution in [3.8, 4) is 0 Å². The van der Waals surface area contributed by atoms with Crippen molar-refractivity contribution in [3.63, 3.8) is 0 Å². The van der Waals surface area contributed by atoms with E-state index in [1.165, 1.54) is 0 Å². The lowest BCUT2D eigenvalue weighted by molar-refractivity contribution is -0.163. The lowest BCUT2D eigenvalue weighted by Crippen LogP contribution is -2.49. The van der Waals surface area contributed by atoms with Gasteiger partial charge in [-0.2, -0.15) is 5.10 Å². The first-order valence-corrected chi connectivity index (χ1v) is 9.82. The first-order valence-electron chi connectivity index (χ1n) is 9.82. The van der Waals surface area contributed by atoms with Crippen molar-refractivity contribution < 1.29 is 14.3 Å². The number of aromatic nitrogens is 3. The van der Waals surface area contributed by atoms with Gasteiger partial charge in [-0.3, -0.25) is 9.59 Å². The molecule has 1 fully saturated rings. The van der Waals surface area contributed by atoms with E-state index in [0.29, 0.717) is 11.6 Å². The molecule has 8 nitrogen and oxygen atoms in total. The van der Waals surface area contributed by atoms with Crippen LogP contribution in [0, 0.1) is 0 Å². The maximum Gasteiger partial charge on any atom is 0.249 e. The number of hydrogen-bond donors (Lipinski definition) is 1. The van der Waals surface area contributed by atoms with E-state index in [2.05, 4.69) is 10.1 Å². The molecule has 0 saturated carbocycles. The molecule has 1 aromatic heterocycles. The van der Waals surface area contributed by atoms with Gasteiger partial charge in [-0.1, -0.05) is 30.3 Å². The average molecular weight is 399 g/mol. The lowest BCUT2D eigenvalue weighted by Gasteiger charge is -2.43. The molecule has 156 valence electrons. The molecule has 0 radical (unpaired) electrons. The van der Waals surface area contributed by atoms with Crippen LogP contribution in [-0.4, -0.2) is 44.1 Å². The third kappa shape index (κ3) is 4.32. The minimum atomic E-state index is -0.522. The molecule has 0 unspecified atom stereocenters. The van der Waals surface area contributed by atoms with Crippen molar-refractivity contribution in [2.24, 2.45) is 5.73 Å². The predicted molar refractivity (Wildman–Crippen MR) is 108 cm³/mol. The number of amides is 2. The largest absolute Gasteiger partial charge is 0.369 e. The quantitative estimate of drug-likeness (QED) is 0.829. The van der Waals surface area contributed by atoms with Crippen LogP contribution in [0.5, 0.6) is 0 Å². The molecule has 0 spiro atoms. The fourth-order valence-electron chi connectivity index (χ4n) is 3.72. The molecule has 8 heteroatoms. The van der Waals surface area contributed by atoms with Gasteiger partial charge in [-0.15, -0.1) is 0 Å². The normalized spacial score (nSPS) is 20.3. The predicted octanol–water partition coefficient (Wildman–Crippen LogP) is 2.11. The van der Waals surface area contributed by atoms with E-state index in [0.717, 1.165) is 5.56 Å². The molecule has 2 amide bonds. The number of rotatable bonds is 5. The van der Waals surface area contributed by atoms with Crippen molar-refractivity contribution in [1.29, 1.82) is 0 Å². The summed E-state index contributed by atoms with van der Waals surface area (Å²) in [5, 5.41) is 4.54. The highest BCUT2D eigenvalue weighted by molar-refractivity contribution is 5.79. The monoisotopic (exact) mass is 399 g/mol. The standard InChI is InChI=1S/C21H29N5O3/c1-13(2)25-17(28)12-29-19(18(25)14-9-7-6-8-10-14)20-23-16(11-15(22)27)24-26(20)21(3,4)5/h6-10,13,18-19H,11-12H2,1-5H3,(H2,22,27)/t18-,19+/m1/s1. The molecule has 0 bridgehead atoms. The zero-order valence-corrected chi connectivity index (χ0v) is 17.6. The summed E-state index contributed by atoms with van der Waals surface area (Å²) in [4.78, 5) is 30.6. The fraction of sp³-hybridized carbons (Fsp3) is 0.524. The number of nitrogens with two attached hydrogens (primary N) is 1. The van der Waals surface area contributed by atoms with E-state index >= 15 is 0 Å². The van der Waals surface area contributed by atoms with Crippen molar-refractivity contribution in [2.75, 3.05) is 6.61 Å². The number of hydrogen-bond acceptors (Lipinski definition) is 5. The minimum Gasteiger partial charge on any atom is -0.369 e. The highest BCUT2D eigenvalue weighted by Gasteiger charge is 2.43. The summed E-state index contributed by atoms with van der Waals surface area (Å²) in [6.07, 6.45) is -0.572. The summed E-state index contributed by atoms with van der Waals surface area (Å²) in [7, 11) is 0. The molecule has 2 atom stereocenters. The maximum atomic E-state index is 12.7. The Morgan fingerprint density at radius 1 is 1.28 bits per heavy atom. The topological polar surface area (TPSA) is 103 Å². The summed E-state index contributed by atoms with van der Waals surface area (Å²) in [5.41, 5.74) is 5.92. The second-order valence-corrected chi connectivity index (χ2v) is 8.59. The minimum absolute atomic E-state index is 0.0183. The Labute approximate surface area is 171 Å². The Morgan fingerprint density at radius 2 is 1.93 bits per heavy atom.